The molecule has 0 aliphatic heterocycles. The summed E-state index contributed by atoms with van der Waals surface area (Å²) < 4.78 is 0. The van der Waals surface area contributed by atoms with Gasteiger partial charge < -0.3 is 10.6 Å². The summed E-state index contributed by atoms with van der Waals surface area (Å²) in [7, 11) is 1.80. The maximum absolute atomic E-state index is 6.20. The molecule has 0 aliphatic rings. The first-order valence-electron chi connectivity index (χ1n) is 6.14. The molecule has 0 bridgehead atoms. The Kier molecular flexibility index (Phi) is 4.22. The molecule has 0 fully saturated rings. The van der Waals surface area contributed by atoms with E-state index in [-0.39, 0.29) is 6.04 Å². The average Bonchev–Trinajstić information content (AvgIpc) is 2.41. The average molecular weight is 277 g/mol. The molecule has 0 saturated carbocycles. The van der Waals surface area contributed by atoms with Gasteiger partial charge in [-0.25, -0.2) is 4.98 Å². The molecule has 100 valence electrons. The number of hydrogen-bond donors (Lipinski definition) is 2. The topological polar surface area (TPSA) is 49.8 Å². The Bertz CT molecular complexity index is 571. The van der Waals surface area contributed by atoms with Crippen LogP contribution in [0.3, 0.4) is 0 Å². The first kappa shape index (κ1) is 13.6. The maximum atomic E-state index is 6.20. The second-order valence-corrected chi connectivity index (χ2v) is 4.77. The summed E-state index contributed by atoms with van der Waals surface area (Å²) in [6.45, 7) is 4.03. The lowest BCUT2D eigenvalue weighted by Crippen LogP contribution is -2.11. The molecule has 2 N–H and O–H groups in total. The largest absolute Gasteiger partial charge is 0.363 e. The lowest BCUT2D eigenvalue weighted by Gasteiger charge is -2.18. The first-order valence-corrected chi connectivity index (χ1v) is 6.52. The van der Waals surface area contributed by atoms with Gasteiger partial charge in [0.2, 0.25) is 5.95 Å². The van der Waals surface area contributed by atoms with Crippen LogP contribution in [0.5, 0.6) is 0 Å². The van der Waals surface area contributed by atoms with Crippen LogP contribution in [0.1, 0.15) is 24.1 Å². The third-order valence-electron chi connectivity index (χ3n) is 2.92. The highest BCUT2D eigenvalue weighted by molar-refractivity contribution is 6.31. The second kappa shape index (κ2) is 5.89. The minimum Gasteiger partial charge on any atom is -0.363 e. The van der Waals surface area contributed by atoms with E-state index in [1.54, 1.807) is 13.2 Å². The van der Waals surface area contributed by atoms with E-state index in [2.05, 4.69) is 27.5 Å². The summed E-state index contributed by atoms with van der Waals surface area (Å²) in [5, 5.41) is 7.05. The Morgan fingerprint density at radius 1 is 1.26 bits per heavy atom. The van der Waals surface area contributed by atoms with Gasteiger partial charge in [-0.15, -0.1) is 0 Å². The van der Waals surface area contributed by atoms with Crippen LogP contribution in [0.2, 0.25) is 5.02 Å². The lowest BCUT2D eigenvalue weighted by molar-refractivity contribution is 0.869. The van der Waals surface area contributed by atoms with E-state index in [0.717, 1.165) is 22.0 Å². The van der Waals surface area contributed by atoms with Crippen molar-refractivity contribution in [3.63, 3.8) is 0 Å². The highest BCUT2D eigenvalue weighted by Gasteiger charge is 2.11. The predicted molar refractivity (Wildman–Crippen MR) is 79.8 cm³/mol. The van der Waals surface area contributed by atoms with E-state index in [9.17, 15) is 0 Å². The van der Waals surface area contributed by atoms with Crippen molar-refractivity contribution < 1.29 is 0 Å². The van der Waals surface area contributed by atoms with Crippen LogP contribution in [0.15, 0.2) is 30.5 Å². The molecule has 1 unspecified atom stereocenters. The SMILES string of the molecule is CNc1ncc(C)c(NC(C)c2ccccc2Cl)n1. The number of aromatic nitrogens is 2. The van der Waals surface area contributed by atoms with Gasteiger partial charge in [0.1, 0.15) is 5.82 Å². The molecule has 5 heteroatoms. The highest BCUT2D eigenvalue weighted by atomic mass is 35.5. The van der Waals surface area contributed by atoms with Gasteiger partial charge in [-0.2, -0.15) is 4.98 Å². The number of nitrogens with one attached hydrogen (secondary N) is 2. The third kappa shape index (κ3) is 3.15. The van der Waals surface area contributed by atoms with Crippen molar-refractivity contribution in [1.29, 1.82) is 0 Å². The molecular formula is C14H17ClN4. The number of benzene rings is 1. The van der Waals surface area contributed by atoms with E-state index < -0.39 is 0 Å². The Labute approximate surface area is 118 Å². The van der Waals surface area contributed by atoms with Gasteiger partial charge in [-0.1, -0.05) is 29.8 Å². The summed E-state index contributed by atoms with van der Waals surface area (Å²) in [5.74, 6) is 1.41. The van der Waals surface area contributed by atoms with E-state index in [0.29, 0.717) is 5.95 Å². The molecule has 19 heavy (non-hydrogen) atoms. The van der Waals surface area contributed by atoms with Gasteiger partial charge in [-0.05, 0) is 25.5 Å². The van der Waals surface area contributed by atoms with Gasteiger partial charge in [0, 0.05) is 23.8 Å². The summed E-state index contributed by atoms with van der Waals surface area (Å²) in [5.41, 5.74) is 2.05. The number of anilines is 2. The standard InChI is InChI=1S/C14H17ClN4/c1-9-8-17-14(16-3)19-13(9)18-10(2)11-6-4-5-7-12(11)15/h4-8,10H,1-3H3,(H2,16,17,18,19). The molecule has 0 spiro atoms. The van der Waals surface area contributed by atoms with Crippen molar-refractivity contribution in [2.75, 3.05) is 17.7 Å². The van der Waals surface area contributed by atoms with Gasteiger partial charge in [0.25, 0.3) is 0 Å². The van der Waals surface area contributed by atoms with Crippen molar-refractivity contribution in [3.8, 4) is 0 Å². The number of halogens is 1. The summed E-state index contributed by atoms with van der Waals surface area (Å²) in [4.78, 5) is 8.58. The molecule has 0 saturated heterocycles. The summed E-state index contributed by atoms with van der Waals surface area (Å²) >= 11 is 6.20. The van der Waals surface area contributed by atoms with E-state index >= 15 is 0 Å². The van der Waals surface area contributed by atoms with Gasteiger partial charge >= 0.3 is 0 Å². The highest BCUT2D eigenvalue weighted by Crippen LogP contribution is 2.26. The fraction of sp³-hybridized carbons (Fsp3) is 0.286. The van der Waals surface area contributed by atoms with Crippen molar-refractivity contribution in [2.24, 2.45) is 0 Å². The maximum Gasteiger partial charge on any atom is 0.224 e. The Balaban J connectivity index is 2.24. The van der Waals surface area contributed by atoms with Crippen LogP contribution in [0, 0.1) is 6.92 Å². The molecule has 0 radical (unpaired) electrons. The van der Waals surface area contributed by atoms with Crippen molar-refractivity contribution in [1.82, 2.24) is 9.97 Å². The molecule has 0 amide bonds. The van der Waals surface area contributed by atoms with Crippen molar-refractivity contribution in [3.05, 3.63) is 46.6 Å². The van der Waals surface area contributed by atoms with Crippen molar-refractivity contribution in [2.45, 2.75) is 19.9 Å². The molecule has 2 aromatic rings. The third-order valence-corrected chi connectivity index (χ3v) is 3.26. The van der Waals surface area contributed by atoms with Crippen LogP contribution >= 0.6 is 11.6 Å². The minimum atomic E-state index is 0.0759. The number of aryl methyl sites for hydroxylation is 1. The first-order chi connectivity index (χ1) is 9.11. The van der Waals surface area contributed by atoms with E-state index in [4.69, 9.17) is 11.6 Å². The van der Waals surface area contributed by atoms with Gasteiger partial charge in [0.15, 0.2) is 0 Å². The van der Waals surface area contributed by atoms with Crippen LogP contribution in [0.25, 0.3) is 0 Å². The Hall–Kier alpha value is -1.81. The quantitative estimate of drug-likeness (QED) is 0.895. The molecule has 4 nitrogen and oxygen atoms in total. The van der Waals surface area contributed by atoms with Crippen molar-refractivity contribution >= 4 is 23.4 Å². The second-order valence-electron chi connectivity index (χ2n) is 4.36. The van der Waals surface area contributed by atoms with Crippen LogP contribution in [-0.2, 0) is 0 Å². The number of hydrogen-bond acceptors (Lipinski definition) is 4. The predicted octanol–water partition coefficient (Wildman–Crippen LogP) is 3.65. The summed E-state index contributed by atoms with van der Waals surface area (Å²) in [6, 6.07) is 7.88. The zero-order chi connectivity index (χ0) is 13.8. The molecular weight excluding hydrogens is 260 g/mol. The van der Waals surface area contributed by atoms with Crippen LogP contribution < -0.4 is 10.6 Å². The number of rotatable bonds is 4. The normalized spacial score (nSPS) is 12.0. The Morgan fingerprint density at radius 3 is 2.68 bits per heavy atom. The molecule has 1 aromatic carbocycles. The van der Waals surface area contributed by atoms with E-state index in [1.807, 2.05) is 31.2 Å². The Morgan fingerprint density at radius 2 is 2.00 bits per heavy atom. The fourth-order valence-corrected chi connectivity index (χ4v) is 2.12. The zero-order valence-corrected chi connectivity index (χ0v) is 12.0. The minimum absolute atomic E-state index is 0.0759. The van der Waals surface area contributed by atoms with Gasteiger partial charge in [-0.3, -0.25) is 0 Å². The van der Waals surface area contributed by atoms with Gasteiger partial charge in [0.05, 0.1) is 6.04 Å². The monoisotopic (exact) mass is 276 g/mol. The molecule has 1 aromatic heterocycles. The summed E-state index contributed by atoms with van der Waals surface area (Å²) in [6.07, 6.45) is 1.79. The van der Waals surface area contributed by atoms with Crippen LogP contribution in [0.4, 0.5) is 11.8 Å². The smallest absolute Gasteiger partial charge is 0.224 e. The molecule has 1 atom stereocenters. The van der Waals surface area contributed by atoms with Crippen LogP contribution in [-0.4, -0.2) is 17.0 Å². The molecule has 1 heterocycles. The molecule has 0 aliphatic carbocycles. The zero-order valence-electron chi connectivity index (χ0n) is 11.2. The lowest BCUT2D eigenvalue weighted by atomic mass is 10.1. The molecule has 2 rings (SSSR count). The van der Waals surface area contributed by atoms with E-state index in [1.165, 1.54) is 0 Å². The fourth-order valence-electron chi connectivity index (χ4n) is 1.82. The number of nitrogens with zero attached hydrogens (tertiary/aromatic N) is 2.